The Morgan fingerprint density at radius 3 is 2.18 bits per heavy atom. The molecule has 1 aromatic carbocycles. The van der Waals surface area contributed by atoms with Gasteiger partial charge in [-0.15, -0.1) is 0 Å². The largest absolute Gasteiger partial charge is 0.309 e. The Labute approximate surface area is 103 Å². The molecule has 0 amide bonds. The molecule has 1 saturated heterocycles. The summed E-state index contributed by atoms with van der Waals surface area (Å²) in [5.41, 5.74) is 1.17. The molecule has 1 N–H and O–H groups in total. The van der Waals surface area contributed by atoms with E-state index in [0.717, 1.165) is 6.54 Å². The third-order valence-corrected chi connectivity index (χ3v) is 5.59. The van der Waals surface area contributed by atoms with Crippen LogP contribution in [0, 0.1) is 5.92 Å². The van der Waals surface area contributed by atoms with Gasteiger partial charge < -0.3 is 5.32 Å². The minimum Gasteiger partial charge on any atom is -0.309 e. The first-order chi connectivity index (χ1) is 7.93. The summed E-state index contributed by atoms with van der Waals surface area (Å²) < 4.78 is 23.9. The van der Waals surface area contributed by atoms with E-state index in [0.29, 0.717) is 16.9 Å². The summed E-state index contributed by atoms with van der Waals surface area (Å²) in [5, 5.41) is 2.98. The van der Waals surface area contributed by atoms with Crippen molar-refractivity contribution in [1.29, 1.82) is 0 Å². The Bertz CT molecular complexity index is 491. The maximum atomic E-state index is 11.9. The molecule has 2 unspecified atom stereocenters. The number of benzene rings is 1. The molecule has 4 heteroatoms. The fourth-order valence-electron chi connectivity index (χ4n) is 2.05. The van der Waals surface area contributed by atoms with Crippen LogP contribution in [0.5, 0.6) is 0 Å². The third-order valence-electron chi connectivity index (χ3n) is 3.42. The summed E-state index contributed by atoms with van der Waals surface area (Å²) in [6.07, 6.45) is 0. The predicted octanol–water partition coefficient (Wildman–Crippen LogP) is 2.15. The molecule has 1 fully saturated rings. The molecule has 94 valence electrons. The van der Waals surface area contributed by atoms with E-state index >= 15 is 0 Å². The van der Waals surface area contributed by atoms with Gasteiger partial charge in [-0.2, -0.15) is 0 Å². The van der Waals surface area contributed by atoms with Crippen molar-refractivity contribution < 1.29 is 8.42 Å². The molecule has 0 aliphatic carbocycles. The van der Waals surface area contributed by atoms with Gasteiger partial charge in [0.25, 0.3) is 0 Å². The molecule has 2 rings (SSSR count). The Morgan fingerprint density at radius 2 is 1.82 bits per heavy atom. The SMILES string of the molecule is CC1CNC1c1ccc(S(=O)(=O)C(C)C)cc1. The first-order valence-electron chi connectivity index (χ1n) is 6.00. The van der Waals surface area contributed by atoms with Gasteiger partial charge in [-0.3, -0.25) is 0 Å². The van der Waals surface area contributed by atoms with Crippen molar-refractivity contribution in [3.8, 4) is 0 Å². The first kappa shape index (κ1) is 12.6. The Hall–Kier alpha value is -0.870. The van der Waals surface area contributed by atoms with E-state index in [-0.39, 0.29) is 5.25 Å². The molecule has 1 heterocycles. The van der Waals surface area contributed by atoms with Crippen LogP contribution in [0.3, 0.4) is 0 Å². The van der Waals surface area contributed by atoms with Gasteiger partial charge in [0.05, 0.1) is 10.1 Å². The Morgan fingerprint density at radius 1 is 1.24 bits per heavy atom. The topological polar surface area (TPSA) is 46.2 Å². The van der Waals surface area contributed by atoms with Crippen LogP contribution in [0.2, 0.25) is 0 Å². The molecule has 2 atom stereocenters. The molecule has 1 aromatic rings. The van der Waals surface area contributed by atoms with Crippen LogP contribution in [0.25, 0.3) is 0 Å². The number of rotatable bonds is 3. The van der Waals surface area contributed by atoms with Gasteiger partial charge in [-0.05, 0) is 37.5 Å². The molecule has 3 nitrogen and oxygen atoms in total. The number of sulfone groups is 1. The lowest BCUT2D eigenvalue weighted by Gasteiger charge is -2.36. The summed E-state index contributed by atoms with van der Waals surface area (Å²) in [4.78, 5) is 0.420. The summed E-state index contributed by atoms with van der Waals surface area (Å²) >= 11 is 0. The quantitative estimate of drug-likeness (QED) is 0.898. The van der Waals surface area contributed by atoms with E-state index in [4.69, 9.17) is 0 Å². The summed E-state index contributed by atoms with van der Waals surface area (Å²) in [6.45, 7) is 6.65. The van der Waals surface area contributed by atoms with Crippen LogP contribution in [0.1, 0.15) is 32.4 Å². The van der Waals surface area contributed by atoms with Crippen LogP contribution in [-0.4, -0.2) is 20.2 Å². The molecular formula is C13H19NO2S. The van der Waals surface area contributed by atoms with E-state index in [1.54, 1.807) is 26.0 Å². The highest BCUT2D eigenvalue weighted by Gasteiger charge is 2.27. The van der Waals surface area contributed by atoms with E-state index < -0.39 is 9.84 Å². The van der Waals surface area contributed by atoms with Crippen LogP contribution in [-0.2, 0) is 9.84 Å². The molecule has 1 aliphatic rings. The van der Waals surface area contributed by atoms with Gasteiger partial charge in [0, 0.05) is 12.6 Å². The highest BCUT2D eigenvalue weighted by atomic mass is 32.2. The molecule has 17 heavy (non-hydrogen) atoms. The van der Waals surface area contributed by atoms with Gasteiger partial charge in [-0.25, -0.2) is 8.42 Å². The van der Waals surface area contributed by atoms with Crippen LogP contribution >= 0.6 is 0 Å². The van der Waals surface area contributed by atoms with Crippen molar-refractivity contribution in [3.63, 3.8) is 0 Å². The number of hydrogen-bond donors (Lipinski definition) is 1. The Balaban J connectivity index is 2.24. The van der Waals surface area contributed by atoms with E-state index in [9.17, 15) is 8.42 Å². The second kappa shape index (κ2) is 4.42. The monoisotopic (exact) mass is 253 g/mol. The van der Waals surface area contributed by atoms with Gasteiger partial charge in [0.2, 0.25) is 0 Å². The van der Waals surface area contributed by atoms with Crippen molar-refractivity contribution in [2.45, 2.75) is 37.0 Å². The highest BCUT2D eigenvalue weighted by molar-refractivity contribution is 7.92. The zero-order valence-electron chi connectivity index (χ0n) is 10.5. The smallest absolute Gasteiger partial charge is 0.180 e. The average molecular weight is 253 g/mol. The molecular weight excluding hydrogens is 234 g/mol. The highest BCUT2D eigenvalue weighted by Crippen LogP contribution is 2.29. The molecule has 0 aromatic heterocycles. The standard InChI is InChI=1S/C13H19NO2S/c1-9(2)17(15,16)12-6-4-11(5-7-12)13-10(3)8-14-13/h4-7,9-10,13-14H,8H2,1-3H3. The minimum absolute atomic E-state index is 0.367. The fourth-order valence-corrected chi connectivity index (χ4v) is 3.11. The molecule has 0 saturated carbocycles. The molecule has 0 bridgehead atoms. The van der Waals surface area contributed by atoms with Crippen LogP contribution in [0.4, 0.5) is 0 Å². The van der Waals surface area contributed by atoms with Crippen LogP contribution < -0.4 is 5.32 Å². The zero-order valence-corrected chi connectivity index (χ0v) is 11.3. The fraction of sp³-hybridized carbons (Fsp3) is 0.538. The summed E-state index contributed by atoms with van der Waals surface area (Å²) in [6, 6.07) is 7.66. The van der Waals surface area contributed by atoms with E-state index in [1.807, 2.05) is 12.1 Å². The third kappa shape index (κ3) is 2.24. The number of hydrogen-bond acceptors (Lipinski definition) is 3. The second-order valence-corrected chi connectivity index (χ2v) is 7.53. The van der Waals surface area contributed by atoms with E-state index in [1.165, 1.54) is 5.56 Å². The number of nitrogens with one attached hydrogen (secondary N) is 1. The van der Waals surface area contributed by atoms with Crippen molar-refractivity contribution in [2.24, 2.45) is 5.92 Å². The van der Waals surface area contributed by atoms with Gasteiger partial charge in [0.1, 0.15) is 0 Å². The maximum absolute atomic E-state index is 11.9. The summed E-state index contributed by atoms with van der Waals surface area (Å²) in [7, 11) is -3.14. The van der Waals surface area contributed by atoms with Crippen molar-refractivity contribution in [3.05, 3.63) is 29.8 Å². The van der Waals surface area contributed by atoms with Gasteiger partial charge in [0.15, 0.2) is 9.84 Å². The Kier molecular flexibility index (Phi) is 3.27. The molecule has 0 radical (unpaired) electrons. The van der Waals surface area contributed by atoms with Crippen LogP contribution in [0.15, 0.2) is 29.2 Å². The minimum atomic E-state index is -3.14. The maximum Gasteiger partial charge on any atom is 0.180 e. The van der Waals surface area contributed by atoms with Crippen molar-refractivity contribution >= 4 is 9.84 Å². The lowest BCUT2D eigenvalue weighted by atomic mass is 9.88. The average Bonchev–Trinajstić information content (AvgIpc) is 2.27. The first-order valence-corrected chi connectivity index (χ1v) is 7.55. The van der Waals surface area contributed by atoms with Crippen molar-refractivity contribution in [1.82, 2.24) is 5.32 Å². The normalized spacial score (nSPS) is 24.7. The van der Waals surface area contributed by atoms with Gasteiger partial charge >= 0.3 is 0 Å². The lowest BCUT2D eigenvalue weighted by molar-refractivity contribution is 0.258. The molecule has 0 spiro atoms. The molecule has 1 aliphatic heterocycles. The predicted molar refractivity (Wildman–Crippen MR) is 68.7 cm³/mol. The van der Waals surface area contributed by atoms with E-state index in [2.05, 4.69) is 12.2 Å². The van der Waals surface area contributed by atoms with Crippen molar-refractivity contribution in [2.75, 3.05) is 6.54 Å². The zero-order chi connectivity index (χ0) is 12.6. The van der Waals surface area contributed by atoms with Gasteiger partial charge in [-0.1, -0.05) is 19.1 Å². The summed E-state index contributed by atoms with van der Waals surface area (Å²) in [5.74, 6) is 0.627. The second-order valence-electron chi connectivity index (χ2n) is 5.03. The lowest BCUT2D eigenvalue weighted by Crippen LogP contribution is -2.43.